The lowest BCUT2D eigenvalue weighted by atomic mass is 10.0. The first-order valence-corrected chi connectivity index (χ1v) is 5.07. The molecule has 0 fully saturated rings. The molecule has 0 aliphatic carbocycles. The van der Waals surface area contributed by atoms with Crippen molar-refractivity contribution < 1.29 is 9.47 Å². The third kappa shape index (κ3) is 2.19. The molecule has 15 heavy (non-hydrogen) atoms. The third-order valence-corrected chi connectivity index (χ3v) is 2.69. The van der Waals surface area contributed by atoms with E-state index >= 15 is 0 Å². The molecule has 4 heteroatoms. The minimum absolute atomic E-state index is 0.127. The number of hydrogen-bond acceptors (Lipinski definition) is 3. The zero-order chi connectivity index (χ0) is 11.6. The second kappa shape index (κ2) is 4.73. The summed E-state index contributed by atoms with van der Waals surface area (Å²) in [5, 5.41) is 0.532. The van der Waals surface area contributed by atoms with Gasteiger partial charge in [-0.05, 0) is 31.0 Å². The summed E-state index contributed by atoms with van der Waals surface area (Å²) in [5.74, 6) is 1.17. The van der Waals surface area contributed by atoms with Crippen molar-refractivity contribution in [3.8, 4) is 11.5 Å². The van der Waals surface area contributed by atoms with Gasteiger partial charge < -0.3 is 15.2 Å². The zero-order valence-electron chi connectivity index (χ0n) is 9.43. The topological polar surface area (TPSA) is 44.5 Å². The molecule has 0 saturated heterocycles. The lowest BCUT2D eigenvalue weighted by Gasteiger charge is -2.17. The Balaban J connectivity index is 3.44. The average Bonchev–Trinajstić information content (AvgIpc) is 2.16. The monoisotopic (exact) mass is 229 g/mol. The van der Waals surface area contributed by atoms with Crippen LogP contribution in [0.3, 0.4) is 0 Å². The van der Waals surface area contributed by atoms with Gasteiger partial charge in [-0.3, -0.25) is 0 Å². The highest BCUT2D eigenvalue weighted by molar-refractivity contribution is 6.33. The molecule has 0 aromatic heterocycles. The molecule has 0 aliphatic rings. The first-order chi connectivity index (χ1) is 7.02. The largest absolute Gasteiger partial charge is 0.493 e. The summed E-state index contributed by atoms with van der Waals surface area (Å²) in [6.45, 7) is 3.84. The highest BCUT2D eigenvalue weighted by Gasteiger charge is 2.18. The molecular weight excluding hydrogens is 214 g/mol. The van der Waals surface area contributed by atoms with Crippen molar-refractivity contribution in [3.05, 3.63) is 22.2 Å². The van der Waals surface area contributed by atoms with E-state index < -0.39 is 0 Å². The molecule has 0 aliphatic heterocycles. The highest BCUT2D eigenvalue weighted by atomic mass is 35.5. The van der Waals surface area contributed by atoms with Gasteiger partial charge in [0.1, 0.15) is 0 Å². The van der Waals surface area contributed by atoms with E-state index in [4.69, 9.17) is 26.8 Å². The second-order valence-corrected chi connectivity index (χ2v) is 3.82. The van der Waals surface area contributed by atoms with Gasteiger partial charge in [0.25, 0.3) is 0 Å². The molecule has 0 bridgehead atoms. The normalized spacial score (nSPS) is 12.4. The summed E-state index contributed by atoms with van der Waals surface area (Å²) in [6, 6.07) is 1.75. The zero-order valence-corrected chi connectivity index (χ0v) is 10.2. The average molecular weight is 230 g/mol. The van der Waals surface area contributed by atoms with Gasteiger partial charge >= 0.3 is 0 Å². The van der Waals surface area contributed by atoms with Crippen molar-refractivity contribution in [2.75, 3.05) is 14.2 Å². The Morgan fingerprint density at radius 1 is 1.33 bits per heavy atom. The van der Waals surface area contributed by atoms with E-state index in [9.17, 15) is 0 Å². The maximum atomic E-state index is 6.21. The van der Waals surface area contributed by atoms with Crippen LogP contribution >= 0.6 is 11.6 Å². The van der Waals surface area contributed by atoms with E-state index in [1.165, 1.54) is 0 Å². The number of rotatable bonds is 3. The van der Waals surface area contributed by atoms with Crippen LogP contribution in [0.15, 0.2) is 6.07 Å². The lowest BCUT2D eigenvalue weighted by molar-refractivity contribution is 0.354. The summed E-state index contributed by atoms with van der Waals surface area (Å²) < 4.78 is 10.4. The summed E-state index contributed by atoms with van der Waals surface area (Å²) in [6.07, 6.45) is 0. The number of methoxy groups -OCH3 is 2. The van der Waals surface area contributed by atoms with Crippen molar-refractivity contribution >= 4 is 11.6 Å². The van der Waals surface area contributed by atoms with E-state index in [1.807, 2.05) is 19.9 Å². The molecule has 1 rings (SSSR count). The molecule has 3 nitrogen and oxygen atoms in total. The molecule has 84 valence electrons. The molecular formula is C11H16ClNO2. The fourth-order valence-electron chi connectivity index (χ4n) is 1.64. The molecule has 0 spiro atoms. The maximum Gasteiger partial charge on any atom is 0.179 e. The summed E-state index contributed by atoms with van der Waals surface area (Å²) in [5.41, 5.74) is 7.75. The number of halogens is 1. The molecule has 0 saturated carbocycles. The van der Waals surface area contributed by atoms with E-state index in [0.29, 0.717) is 16.5 Å². The summed E-state index contributed by atoms with van der Waals surface area (Å²) in [7, 11) is 3.14. The molecule has 1 unspecified atom stereocenters. The van der Waals surface area contributed by atoms with Crippen LogP contribution in [0, 0.1) is 6.92 Å². The predicted octanol–water partition coefficient (Wildman–Crippen LogP) is 2.69. The van der Waals surface area contributed by atoms with Crippen molar-refractivity contribution in [1.82, 2.24) is 0 Å². The Morgan fingerprint density at radius 3 is 2.33 bits per heavy atom. The number of hydrogen-bond donors (Lipinski definition) is 1. The quantitative estimate of drug-likeness (QED) is 0.867. The van der Waals surface area contributed by atoms with E-state index in [-0.39, 0.29) is 6.04 Å². The standard InChI is InChI=1S/C11H16ClNO2/c1-6-5-8(14-3)11(15-4)10(12)9(6)7(2)13/h5,7H,13H2,1-4H3. The van der Waals surface area contributed by atoms with Gasteiger partial charge in [-0.1, -0.05) is 11.6 Å². The fourth-order valence-corrected chi connectivity index (χ4v) is 2.14. The van der Waals surface area contributed by atoms with Gasteiger partial charge in [-0.15, -0.1) is 0 Å². The molecule has 0 radical (unpaired) electrons. The van der Waals surface area contributed by atoms with E-state index in [1.54, 1.807) is 14.2 Å². The van der Waals surface area contributed by atoms with Crippen LogP contribution in [0.5, 0.6) is 11.5 Å². The number of ether oxygens (including phenoxy) is 2. The smallest absolute Gasteiger partial charge is 0.179 e. The predicted molar refractivity (Wildman–Crippen MR) is 61.9 cm³/mol. The van der Waals surface area contributed by atoms with Crippen LogP contribution in [-0.2, 0) is 0 Å². The number of aryl methyl sites for hydroxylation is 1. The Morgan fingerprint density at radius 2 is 1.93 bits per heavy atom. The highest BCUT2D eigenvalue weighted by Crippen LogP contribution is 2.41. The van der Waals surface area contributed by atoms with Gasteiger partial charge in [0.2, 0.25) is 0 Å². The van der Waals surface area contributed by atoms with Crippen molar-refractivity contribution in [2.24, 2.45) is 5.73 Å². The number of benzene rings is 1. The molecule has 0 heterocycles. The SMILES string of the molecule is COc1cc(C)c(C(C)N)c(Cl)c1OC. The first-order valence-electron chi connectivity index (χ1n) is 4.69. The summed E-state index contributed by atoms with van der Waals surface area (Å²) >= 11 is 6.21. The number of nitrogens with two attached hydrogens (primary N) is 1. The van der Waals surface area contributed by atoms with Crippen LogP contribution in [0.25, 0.3) is 0 Å². The lowest BCUT2D eigenvalue weighted by Crippen LogP contribution is -2.09. The van der Waals surface area contributed by atoms with Gasteiger partial charge in [-0.2, -0.15) is 0 Å². The first kappa shape index (κ1) is 12.1. The van der Waals surface area contributed by atoms with Gasteiger partial charge in [0, 0.05) is 6.04 Å². The Bertz CT molecular complexity index is 364. The minimum atomic E-state index is -0.127. The van der Waals surface area contributed by atoms with Crippen LogP contribution in [0.2, 0.25) is 5.02 Å². The Hall–Kier alpha value is -0.930. The summed E-state index contributed by atoms with van der Waals surface area (Å²) in [4.78, 5) is 0. The molecule has 2 N–H and O–H groups in total. The fraction of sp³-hybridized carbons (Fsp3) is 0.455. The van der Waals surface area contributed by atoms with Crippen LogP contribution < -0.4 is 15.2 Å². The second-order valence-electron chi connectivity index (χ2n) is 3.45. The third-order valence-electron chi connectivity index (χ3n) is 2.31. The van der Waals surface area contributed by atoms with Crippen LogP contribution in [-0.4, -0.2) is 14.2 Å². The van der Waals surface area contributed by atoms with Gasteiger partial charge in [0.05, 0.1) is 19.2 Å². The molecule has 0 amide bonds. The molecule has 1 atom stereocenters. The minimum Gasteiger partial charge on any atom is -0.493 e. The van der Waals surface area contributed by atoms with E-state index in [2.05, 4.69) is 0 Å². The van der Waals surface area contributed by atoms with Crippen molar-refractivity contribution in [1.29, 1.82) is 0 Å². The van der Waals surface area contributed by atoms with Gasteiger partial charge in [0.15, 0.2) is 11.5 Å². The van der Waals surface area contributed by atoms with Crippen LogP contribution in [0.1, 0.15) is 24.1 Å². The molecule has 1 aromatic carbocycles. The van der Waals surface area contributed by atoms with Crippen molar-refractivity contribution in [3.63, 3.8) is 0 Å². The Kier molecular flexibility index (Phi) is 3.83. The van der Waals surface area contributed by atoms with Gasteiger partial charge in [-0.25, -0.2) is 0 Å². The maximum absolute atomic E-state index is 6.21. The van der Waals surface area contributed by atoms with Crippen LogP contribution in [0.4, 0.5) is 0 Å². The molecule has 1 aromatic rings. The Labute approximate surface area is 95.1 Å². The van der Waals surface area contributed by atoms with Crippen molar-refractivity contribution in [2.45, 2.75) is 19.9 Å². The van der Waals surface area contributed by atoms with E-state index in [0.717, 1.165) is 11.1 Å².